The second-order valence-electron chi connectivity index (χ2n) is 8.80. The SMILES string of the molecule is CC1(C)[C@@H]2CC[C@@]1(C)[C@H](OCC[C@H](O)CNC1CCCC1)C2. The van der Waals surface area contributed by atoms with Gasteiger partial charge in [0.15, 0.2) is 0 Å². The molecule has 0 aromatic heterocycles. The third kappa shape index (κ3) is 2.97. The largest absolute Gasteiger partial charge is 0.392 e. The van der Waals surface area contributed by atoms with Gasteiger partial charge in [-0.1, -0.05) is 33.6 Å². The highest BCUT2D eigenvalue weighted by Crippen LogP contribution is 2.66. The van der Waals surface area contributed by atoms with Gasteiger partial charge in [-0.15, -0.1) is 0 Å². The highest BCUT2D eigenvalue weighted by Gasteiger charge is 2.61. The van der Waals surface area contributed by atoms with E-state index in [4.69, 9.17) is 4.74 Å². The minimum absolute atomic E-state index is 0.264. The Hall–Kier alpha value is -0.120. The van der Waals surface area contributed by atoms with Crippen LogP contribution >= 0.6 is 0 Å². The van der Waals surface area contributed by atoms with Crippen LogP contribution in [0.25, 0.3) is 0 Å². The highest BCUT2D eigenvalue weighted by molar-refractivity contribution is 5.11. The molecule has 22 heavy (non-hydrogen) atoms. The minimum atomic E-state index is -0.264. The van der Waals surface area contributed by atoms with Gasteiger partial charge in [0.1, 0.15) is 0 Å². The fraction of sp³-hybridized carbons (Fsp3) is 1.00. The van der Waals surface area contributed by atoms with Gasteiger partial charge >= 0.3 is 0 Å². The zero-order valence-electron chi connectivity index (χ0n) is 14.7. The zero-order valence-corrected chi connectivity index (χ0v) is 14.7. The van der Waals surface area contributed by atoms with Gasteiger partial charge in [0.05, 0.1) is 12.2 Å². The topological polar surface area (TPSA) is 41.5 Å². The molecule has 2 N–H and O–H groups in total. The van der Waals surface area contributed by atoms with Crippen molar-refractivity contribution in [2.75, 3.05) is 13.2 Å². The summed E-state index contributed by atoms with van der Waals surface area (Å²) in [7, 11) is 0. The fourth-order valence-electron chi connectivity index (χ4n) is 5.26. The predicted octanol–water partition coefficient (Wildman–Crippen LogP) is 3.50. The van der Waals surface area contributed by atoms with Crippen molar-refractivity contribution >= 4 is 0 Å². The van der Waals surface area contributed by atoms with Crippen LogP contribution in [0.15, 0.2) is 0 Å². The summed E-state index contributed by atoms with van der Waals surface area (Å²) >= 11 is 0. The van der Waals surface area contributed by atoms with Gasteiger partial charge in [-0.3, -0.25) is 0 Å². The third-order valence-electron chi connectivity index (χ3n) is 7.48. The number of ether oxygens (including phenoxy) is 1. The van der Waals surface area contributed by atoms with Gasteiger partial charge in [0.2, 0.25) is 0 Å². The van der Waals surface area contributed by atoms with Crippen molar-refractivity contribution in [1.29, 1.82) is 0 Å². The van der Waals surface area contributed by atoms with Gasteiger partial charge in [0.25, 0.3) is 0 Å². The standard InChI is InChI=1S/C19H35NO2/c1-18(2)14-8-10-19(18,3)17(12-14)22-11-9-16(21)13-20-15-6-4-5-7-15/h14-17,20-21H,4-13H2,1-3H3/t14-,16+,17-,19+/m1/s1. The van der Waals surface area contributed by atoms with Crippen LogP contribution in [0, 0.1) is 16.7 Å². The van der Waals surface area contributed by atoms with Gasteiger partial charge in [0, 0.05) is 19.2 Å². The fourth-order valence-corrected chi connectivity index (χ4v) is 5.26. The molecule has 3 rings (SSSR count). The number of hydrogen-bond donors (Lipinski definition) is 2. The molecule has 0 aromatic rings. The second-order valence-corrected chi connectivity index (χ2v) is 8.80. The predicted molar refractivity (Wildman–Crippen MR) is 89.9 cm³/mol. The number of aliphatic hydroxyl groups is 1. The molecule has 3 nitrogen and oxygen atoms in total. The first-order valence-corrected chi connectivity index (χ1v) is 9.46. The van der Waals surface area contributed by atoms with Crippen molar-refractivity contribution in [3.8, 4) is 0 Å². The smallest absolute Gasteiger partial charge is 0.0686 e. The van der Waals surface area contributed by atoms with Crippen LogP contribution in [0.3, 0.4) is 0 Å². The van der Waals surface area contributed by atoms with Crippen LogP contribution in [0.2, 0.25) is 0 Å². The molecule has 0 unspecified atom stereocenters. The van der Waals surface area contributed by atoms with Crippen molar-refractivity contribution in [3.63, 3.8) is 0 Å². The number of nitrogens with one attached hydrogen (secondary N) is 1. The van der Waals surface area contributed by atoms with Crippen LogP contribution in [0.5, 0.6) is 0 Å². The first-order chi connectivity index (χ1) is 10.4. The van der Waals surface area contributed by atoms with E-state index in [9.17, 15) is 5.11 Å². The maximum Gasteiger partial charge on any atom is 0.0686 e. The van der Waals surface area contributed by atoms with E-state index in [0.717, 1.165) is 18.9 Å². The number of aliphatic hydroxyl groups excluding tert-OH is 1. The van der Waals surface area contributed by atoms with Crippen LogP contribution in [0.4, 0.5) is 0 Å². The molecule has 3 aliphatic carbocycles. The summed E-state index contributed by atoms with van der Waals surface area (Å²) < 4.78 is 6.23. The Morgan fingerprint density at radius 3 is 2.50 bits per heavy atom. The average Bonchev–Trinajstić information content (AvgIpc) is 3.11. The first kappa shape index (κ1) is 16.7. The lowest BCUT2D eigenvalue weighted by molar-refractivity contribution is -0.0546. The lowest BCUT2D eigenvalue weighted by Crippen LogP contribution is -2.38. The molecule has 4 atom stereocenters. The first-order valence-electron chi connectivity index (χ1n) is 9.46. The summed E-state index contributed by atoms with van der Waals surface area (Å²) in [5, 5.41) is 13.6. The van der Waals surface area contributed by atoms with Crippen molar-refractivity contribution in [1.82, 2.24) is 5.32 Å². The van der Waals surface area contributed by atoms with Gasteiger partial charge in [-0.25, -0.2) is 0 Å². The van der Waals surface area contributed by atoms with E-state index in [1.807, 2.05) is 0 Å². The number of hydrogen-bond acceptors (Lipinski definition) is 3. The lowest BCUT2D eigenvalue weighted by atomic mass is 9.70. The maximum atomic E-state index is 10.1. The Bertz CT molecular complexity index is 378. The van der Waals surface area contributed by atoms with Gasteiger partial charge in [-0.05, 0) is 55.3 Å². The molecule has 3 saturated carbocycles. The molecule has 0 heterocycles. The third-order valence-corrected chi connectivity index (χ3v) is 7.48. The Labute approximate surface area is 136 Å². The van der Waals surface area contributed by atoms with Crippen LogP contribution in [0.1, 0.15) is 72.1 Å². The highest BCUT2D eigenvalue weighted by atomic mass is 16.5. The van der Waals surface area contributed by atoms with E-state index in [0.29, 0.717) is 29.6 Å². The molecule has 3 fully saturated rings. The summed E-state index contributed by atoms with van der Waals surface area (Å²) in [4.78, 5) is 0. The molecule has 3 aliphatic rings. The molecular weight excluding hydrogens is 274 g/mol. The van der Waals surface area contributed by atoms with E-state index in [2.05, 4.69) is 26.1 Å². The zero-order chi connectivity index (χ0) is 15.8. The average molecular weight is 309 g/mol. The summed E-state index contributed by atoms with van der Waals surface area (Å²) in [5.74, 6) is 0.830. The van der Waals surface area contributed by atoms with E-state index >= 15 is 0 Å². The molecule has 0 aromatic carbocycles. The van der Waals surface area contributed by atoms with Crippen molar-refractivity contribution in [3.05, 3.63) is 0 Å². The Kier molecular flexibility index (Phi) is 4.87. The van der Waals surface area contributed by atoms with Crippen LogP contribution in [-0.4, -0.2) is 36.5 Å². The summed E-state index contributed by atoms with van der Waals surface area (Å²) in [5.41, 5.74) is 0.755. The molecular formula is C19H35NO2. The summed E-state index contributed by atoms with van der Waals surface area (Å²) in [6, 6.07) is 0.640. The van der Waals surface area contributed by atoms with Crippen molar-refractivity contribution < 1.29 is 9.84 Å². The molecule has 0 amide bonds. The summed E-state index contributed by atoms with van der Waals surface area (Å²) in [6.07, 6.45) is 10.0. The lowest BCUT2D eigenvalue weighted by Gasteiger charge is -2.39. The van der Waals surface area contributed by atoms with E-state index in [-0.39, 0.29) is 6.10 Å². The van der Waals surface area contributed by atoms with Crippen LogP contribution < -0.4 is 5.32 Å². The maximum absolute atomic E-state index is 10.1. The number of fused-ring (bicyclic) bond motifs is 2. The van der Waals surface area contributed by atoms with E-state index in [1.54, 1.807) is 0 Å². The molecule has 128 valence electrons. The number of rotatable bonds is 7. The molecule has 0 saturated heterocycles. The molecule has 0 spiro atoms. The minimum Gasteiger partial charge on any atom is -0.392 e. The molecule has 2 bridgehead atoms. The normalized spacial score (nSPS) is 38.7. The van der Waals surface area contributed by atoms with Crippen LogP contribution in [-0.2, 0) is 4.74 Å². The van der Waals surface area contributed by atoms with E-state index < -0.39 is 0 Å². The Morgan fingerprint density at radius 2 is 1.91 bits per heavy atom. The molecule has 3 heteroatoms. The van der Waals surface area contributed by atoms with E-state index in [1.165, 1.54) is 44.9 Å². The van der Waals surface area contributed by atoms with Gasteiger partial charge < -0.3 is 15.2 Å². The monoisotopic (exact) mass is 309 g/mol. The molecule has 0 aliphatic heterocycles. The Morgan fingerprint density at radius 1 is 1.18 bits per heavy atom. The second kappa shape index (κ2) is 6.41. The van der Waals surface area contributed by atoms with Crippen molar-refractivity contribution in [2.45, 2.75) is 90.4 Å². The van der Waals surface area contributed by atoms with Crippen molar-refractivity contribution in [2.24, 2.45) is 16.7 Å². The molecule has 0 radical (unpaired) electrons. The van der Waals surface area contributed by atoms with Gasteiger partial charge in [-0.2, -0.15) is 0 Å². The summed E-state index contributed by atoms with van der Waals surface area (Å²) in [6.45, 7) is 8.70. The quantitative estimate of drug-likeness (QED) is 0.756. The Balaban J connectivity index is 1.37.